The van der Waals surface area contributed by atoms with Crippen LogP contribution in [0.2, 0.25) is 0 Å². The Bertz CT molecular complexity index is 486. The lowest BCUT2D eigenvalue weighted by Crippen LogP contribution is -1.92. The van der Waals surface area contributed by atoms with Crippen molar-refractivity contribution in [1.29, 1.82) is 0 Å². The third kappa shape index (κ3) is 1.58. The molecule has 15 heavy (non-hydrogen) atoms. The van der Waals surface area contributed by atoms with E-state index in [2.05, 4.69) is 13.0 Å². The fourth-order valence-electron chi connectivity index (χ4n) is 2.12. The second-order valence-electron chi connectivity index (χ2n) is 3.77. The molecule has 2 aromatic carbocycles. The molecule has 0 spiro atoms. The van der Waals surface area contributed by atoms with Crippen molar-refractivity contribution in [1.82, 2.24) is 0 Å². The van der Waals surface area contributed by atoms with Gasteiger partial charge >= 0.3 is 0 Å². The van der Waals surface area contributed by atoms with E-state index in [0.717, 1.165) is 29.2 Å². The maximum atomic E-state index is 12.1. The van der Waals surface area contributed by atoms with Crippen molar-refractivity contribution in [2.24, 2.45) is 0 Å². The molecule has 2 aromatic rings. The lowest BCUT2D eigenvalue weighted by Gasteiger charge is -2.09. The summed E-state index contributed by atoms with van der Waals surface area (Å²) in [4.78, 5) is 0. The van der Waals surface area contributed by atoms with Crippen LogP contribution in [0.15, 0.2) is 30.3 Å². The molecule has 1 nitrogen and oxygen atoms in total. The maximum Gasteiger partial charge on any atom is 0.189 e. The van der Waals surface area contributed by atoms with Crippen LogP contribution in [-0.2, 0) is 17.9 Å². The Labute approximate surface area is 90.4 Å². The number of hydrogen-bond donors (Lipinski definition) is 0. The normalized spacial score (nSPS) is 10.8. The summed E-state index contributed by atoms with van der Waals surface area (Å²) in [5.74, 6) is 0.215. The van der Waals surface area contributed by atoms with Gasteiger partial charge in [-0.25, -0.2) is 0 Å². The van der Waals surface area contributed by atoms with E-state index in [4.69, 9.17) is 0 Å². The summed E-state index contributed by atoms with van der Waals surface area (Å²) in [5.41, 5.74) is 2.18. The number of rotatable bonds is 2. The summed E-state index contributed by atoms with van der Waals surface area (Å²) in [6.07, 6.45) is 1.76. The van der Waals surface area contributed by atoms with Gasteiger partial charge in [0.15, 0.2) is 5.75 Å². The van der Waals surface area contributed by atoms with E-state index in [1.165, 1.54) is 5.56 Å². The average Bonchev–Trinajstić information content (AvgIpc) is 2.29. The topological polar surface area (TPSA) is 19.9 Å². The molecule has 1 radical (unpaired) electrons. The molecule has 1 heteroatoms. The summed E-state index contributed by atoms with van der Waals surface area (Å²) in [5, 5.41) is 14.1. The minimum atomic E-state index is 0.215. The molecular formula is C14H15O. The smallest absolute Gasteiger partial charge is 0.189 e. The van der Waals surface area contributed by atoms with Gasteiger partial charge in [0.2, 0.25) is 0 Å². The lowest BCUT2D eigenvalue weighted by molar-refractivity contribution is 0.355. The summed E-state index contributed by atoms with van der Waals surface area (Å²) in [7, 11) is 0. The van der Waals surface area contributed by atoms with Gasteiger partial charge in [-0.05, 0) is 23.8 Å². The Balaban J connectivity index is 2.81. The van der Waals surface area contributed by atoms with E-state index in [1.54, 1.807) is 0 Å². The van der Waals surface area contributed by atoms with Gasteiger partial charge in [0.1, 0.15) is 0 Å². The number of fused-ring (bicyclic) bond motifs is 1. The molecule has 0 heterocycles. The lowest BCUT2D eigenvalue weighted by atomic mass is 9.96. The largest absolute Gasteiger partial charge is 0.289 e. The second kappa shape index (κ2) is 3.93. The highest BCUT2D eigenvalue weighted by Gasteiger charge is 2.11. The minimum Gasteiger partial charge on any atom is -0.289 e. The van der Waals surface area contributed by atoms with Gasteiger partial charge in [0.25, 0.3) is 0 Å². The van der Waals surface area contributed by atoms with Crippen molar-refractivity contribution in [2.45, 2.75) is 26.7 Å². The molecule has 0 unspecified atom stereocenters. The first-order chi connectivity index (χ1) is 7.27. The Morgan fingerprint density at radius 2 is 1.80 bits per heavy atom. The summed E-state index contributed by atoms with van der Waals surface area (Å²) < 4.78 is 0. The molecule has 0 aliphatic carbocycles. The van der Waals surface area contributed by atoms with Crippen molar-refractivity contribution in [3.05, 3.63) is 41.5 Å². The van der Waals surface area contributed by atoms with Crippen LogP contribution in [0.5, 0.6) is 5.75 Å². The van der Waals surface area contributed by atoms with Crippen LogP contribution in [0.25, 0.3) is 10.8 Å². The molecule has 0 aliphatic heterocycles. The molecule has 0 aromatic heterocycles. The van der Waals surface area contributed by atoms with Crippen molar-refractivity contribution >= 4 is 10.8 Å². The molecule has 2 rings (SSSR count). The zero-order chi connectivity index (χ0) is 10.8. The van der Waals surface area contributed by atoms with E-state index in [9.17, 15) is 5.11 Å². The van der Waals surface area contributed by atoms with Crippen LogP contribution >= 0.6 is 0 Å². The van der Waals surface area contributed by atoms with Crippen molar-refractivity contribution < 1.29 is 5.11 Å². The second-order valence-corrected chi connectivity index (χ2v) is 3.77. The number of benzene rings is 2. The van der Waals surface area contributed by atoms with E-state index in [-0.39, 0.29) is 5.75 Å². The predicted molar refractivity (Wildman–Crippen MR) is 62.8 cm³/mol. The first kappa shape index (κ1) is 10.0. The van der Waals surface area contributed by atoms with Crippen molar-refractivity contribution in [3.8, 4) is 5.75 Å². The van der Waals surface area contributed by atoms with E-state index >= 15 is 0 Å². The standard InChI is InChI=1S/C14H15O/c1-3-10-9-11-7-5-6-8-13(11)14(15)12(10)4-2/h5-9H,3-4H2,1-2H3. The fourth-order valence-corrected chi connectivity index (χ4v) is 2.12. The molecule has 0 aliphatic rings. The number of aryl methyl sites for hydroxylation is 1. The molecule has 0 saturated carbocycles. The van der Waals surface area contributed by atoms with Crippen LogP contribution in [0.1, 0.15) is 25.0 Å². The molecular weight excluding hydrogens is 184 g/mol. The first-order valence-corrected chi connectivity index (χ1v) is 5.48. The summed E-state index contributed by atoms with van der Waals surface area (Å²) in [6.45, 7) is 4.15. The van der Waals surface area contributed by atoms with Gasteiger partial charge in [-0.2, -0.15) is 0 Å². The average molecular weight is 199 g/mol. The molecule has 0 N–H and O–H groups in total. The summed E-state index contributed by atoms with van der Waals surface area (Å²) in [6, 6.07) is 9.97. The van der Waals surface area contributed by atoms with Gasteiger partial charge in [-0.1, -0.05) is 44.2 Å². The van der Waals surface area contributed by atoms with Crippen molar-refractivity contribution in [2.75, 3.05) is 0 Å². The Morgan fingerprint density at radius 3 is 2.47 bits per heavy atom. The zero-order valence-electron chi connectivity index (χ0n) is 9.21. The van der Waals surface area contributed by atoms with Crippen LogP contribution in [0.4, 0.5) is 0 Å². The highest BCUT2D eigenvalue weighted by atomic mass is 16.3. The predicted octanol–water partition coefficient (Wildman–Crippen LogP) is 4.11. The van der Waals surface area contributed by atoms with Crippen LogP contribution in [0, 0.1) is 0 Å². The van der Waals surface area contributed by atoms with Gasteiger partial charge in [0.05, 0.1) is 0 Å². The molecule has 0 atom stereocenters. The van der Waals surface area contributed by atoms with Gasteiger partial charge in [0, 0.05) is 10.9 Å². The SMILES string of the molecule is CCc1cc2ccccc2c([O])c1CC. The Hall–Kier alpha value is -1.50. The highest BCUT2D eigenvalue weighted by Crippen LogP contribution is 2.32. The van der Waals surface area contributed by atoms with E-state index in [1.807, 2.05) is 31.2 Å². The van der Waals surface area contributed by atoms with Crippen LogP contribution in [-0.4, -0.2) is 0 Å². The Morgan fingerprint density at radius 1 is 1.07 bits per heavy atom. The number of hydrogen-bond acceptors (Lipinski definition) is 0. The van der Waals surface area contributed by atoms with Crippen molar-refractivity contribution in [3.63, 3.8) is 0 Å². The molecule has 77 valence electrons. The van der Waals surface area contributed by atoms with Crippen LogP contribution in [0.3, 0.4) is 0 Å². The minimum absolute atomic E-state index is 0.215. The molecule has 0 fully saturated rings. The third-order valence-corrected chi connectivity index (χ3v) is 2.93. The summed E-state index contributed by atoms with van der Waals surface area (Å²) >= 11 is 0. The molecule has 0 bridgehead atoms. The highest BCUT2D eigenvalue weighted by molar-refractivity contribution is 5.90. The van der Waals surface area contributed by atoms with Crippen LogP contribution < -0.4 is 0 Å². The van der Waals surface area contributed by atoms with Gasteiger partial charge in [-0.3, -0.25) is 5.11 Å². The molecule has 0 saturated heterocycles. The third-order valence-electron chi connectivity index (χ3n) is 2.93. The molecule has 0 amide bonds. The quantitative estimate of drug-likeness (QED) is 0.693. The van der Waals surface area contributed by atoms with E-state index < -0.39 is 0 Å². The Kier molecular flexibility index (Phi) is 2.63. The zero-order valence-corrected chi connectivity index (χ0v) is 9.21. The fraction of sp³-hybridized carbons (Fsp3) is 0.286. The van der Waals surface area contributed by atoms with Gasteiger partial charge < -0.3 is 0 Å². The maximum absolute atomic E-state index is 12.1. The monoisotopic (exact) mass is 199 g/mol. The first-order valence-electron chi connectivity index (χ1n) is 5.48. The van der Waals surface area contributed by atoms with E-state index in [0.29, 0.717) is 0 Å². The van der Waals surface area contributed by atoms with Gasteiger partial charge in [-0.15, -0.1) is 0 Å².